The van der Waals surface area contributed by atoms with Crippen molar-refractivity contribution in [2.45, 2.75) is 13.3 Å². The topological polar surface area (TPSA) is 37.3 Å². The summed E-state index contributed by atoms with van der Waals surface area (Å²) in [5.74, 6) is -0.874. The molecule has 1 N–H and O–H groups in total. The molecule has 4 heteroatoms. The molecule has 0 aliphatic rings. The molecule has 2 nitrogen and oxygen atoms in total. The number of hydrogen-bond donors (Lipinski definition) is 1. The molecule has 70 valence electrons. The lowest BCUT2D eigenvalue weighted by atomic mass is 10.1. The SMILES string of the molecule is Cc1cc(Cl)c(Cl)cc1CC(=O)O. The lowest BCUT2D eigenvalue weighted by Crippen LogP contribution is -2.01. The number of halogens is 2. The molecule has 0 bridgehead atoms. The van der Waals surface area contributed by atoms with Gasteiger partial charge in [-0.2, -0.15) is 0 Å². The van der Waals surface area contributed by atoms with Crippen LogP contribution >= 0.6 is 23.2 Å². The third-order valence-corrected chi connectivity index (χ3v) is 2.44. The van der Waals surface area contributed by atoms with E-state index in [4.69, 9.17) is 28.3 Å². The van der Waals surface area contributed by atoms with Crippen molar-refractivity contribution in [3.05, 3.63) is 33.3 Å². The monoisotopic (exact) mass is 218 g/mol. The minimum absolute atomic E-state index is 0.0251. The van der Waals surface area contributed by atoms with Crippen molar-refractivity contribution in [1.82, 2.24) is 0 Å². The van der Waals surface area contributed by atoms with Crippen LogP contribution in [-0.2, 0) is 11.2 Å². The van der Waals surface area contributed by atoms with Gasteiger partial charge in [0.15, 0.2) is 0 Å². The Morgan fingerprint density at radius 1 is 1.38 bits per heavy atom. The Morgan fingerprint density at radius 3 is 2.46 bits per heavy atom. The van der Waals surface area contributed by atoms with E-state index in [1.165, 1.54) is 0 Å². The molecular formula is C9H8Cl2O2. The molecule has 0 saturated carbocycles. The molecule has 0 heterocycles. The summed E-state index contributed by atoms with van der Waals surface area (Å²) in [4.78, 5) is 10.4. The predicted octanol–water partition coefficient (Wildman–Crippen LogP) is 2.93. The fraction of sp³-hybridized carbons (Fsp3) is 0.222. The van der Waals surface area contributed by atoms with Crippen molar-refractivity contribution in [2.24, 2.45) is 0 Å². The quantitative estimate of drug-likeness (QED) is 0.830. The summed E-state index contributed by atoms with van der Waals surface area (Å²) in [7, 11) is 0. The average molecular weight is 219 g/mol. The third kappa shape index (κ3) is 2.61. The molecule has 0 aliphatic heterocycles. The second kappa shape index (κ2) is 3.99. The number of carbonyl (C=O) groups is 1. The molecular weight excluding hydrogens is 211 g/mol. The normalized spacial score (nSPS) is 10.1. The molecule has 0 amide bonds. The maximum atomic E-state index is 10.4. The molecule has 0 unspecified atom stereocenters. The number of carboxylic acid groups (broad SMARTS) is 1. The van der Waals surface area contributed by atoms with Gasteiger partial charge < -0.3 is 5.11 Å². The smallest absolute Gasteiger partial charge is 0.307 e. The summed E-state index contributed by atoms with van der Waals surface area (Å²) < 4.78 is 0. The molecule has 1 aromatic carbocycles. The standard InChI is InChI=1S/C9H8Cl2O2/c1-5-2-7(10)8(11)3-6(5)4-9(12)13/h2-3H,4H2,1H3,(H,12,13). The Bertz CT molecular complexity index is 348. The Morgan fingerprint density at radius 2 is 1.92 bits per heavy atom. The van der Waals surface area contributed by atoms with Crippen LogP contribution in [0.25, 0.3) is 0 Å². The molecule has 1 rings (SSSR count). The van der Waals surface area contributed by atoms with Crippen LogP contribution in [0.4, 0.5) is 0 Å². The van der Waals surface area contributed by atoms with E-state index in [0.29, 0.717) is 15.6 Å². The lowest BCUT2D eigenvalue weighted by molar-refractivity contribution is -0.136. The van der Waals surface area contributed by atoms with Crippen LogP contribution < -0.4 is 0 Å². The van der Waals surface area contributed by atoms with Gasteiger partial charge in [0.05, 0.1) is 16.5 Å². The lowest BCUT2D eigenvalue weighted by Gasteiger charge is -2.04. The van der Waals surface area contributed by atoms with E-state index in [1.807, 2.05) is 0 Å². The maximum absolute atomic E-state index is 10.4. The van der Waals surface area contributed by atoms with Gasteiger partial charge in [-0.25, -0.2) is 0 Å². The van der Waals surface area contributed by atoms with E-state index < -0.39 is 5.97 Å². The molecule has 0 radical (unpaired) electrons. The molecule has 0 aliphatic carbocycles. The van der Waals surface area contributed by atoms with Crippen LogP contribution in [-0.4, -0.2) is 11.1 Å². The fourth-order valence-corrected chi connectivity index (χ4v) is 1.45. The van der Waals surface area contributed by atoms with Gasteiger partial charge in [-0.05, 0) is 30.2 Å². The first kappa shape index (κ1) is 10.4. The van der Waals surface area contributed by atoms with Crippen LogP contribution in [0, 0.1) is 6.92 Å². The highest BCUT2D eigenvalue weighted by molar-refractivity contribution is 6.42. The largest absolute Gasteiger partial charge is 0.481 e. The Hall–Kier alpha value is -0.730. The fourth-order valence-electron chi connectivity index (χ4n) is 1.04. The molecule has 1 aromatic rings. The summed E-state index contributed by atoms with van der Waals surface area (Å²) in [6, 6.07) is 3.26. The number of carboxylic acids is 1. The first-order valence-corrected chi connectivity index (χ1v) is 4.42. The van der Waals surface area contributed by atoms with Gasteiger partial charge in [0.2, 0.25) is 0 Å². The number of aliphatic carboxylic acids is 1. The van der Waals surface area contributed by atoms with Gasteiger partial charge >= 0.3 is 5.97 Å². The summed E-state index contributed by atoms with van der Waals surface area (Å²) in [5, 5.41) is 9.42. The highest BCUT2D eigenvalue weighted by Gasteiger charge is 2.07. The van der Waals surface area contributed by atoms with Crippen LogP contribution in [0.3, 0.4) is 0 Å². The molecule has 0 aromatic heterocycles. The minimum Gasteiger partial charge on any atom is -0.481 e. The van der Waals surface area contributed by atoms with Crippen molar-refractivity contribution in [1.29, 1.82) is 0 Å². The zero-order chi connectivity index (χ0) is 10.0. The molecule has 0 fully saturated rings. The Labute approximate surface area is 86.1 Å². The first-order chi connectivity index (χ1) is 6.00. The molecule has 0 spiro atoms. The molecule has 13 heavy (non-hydrogen) atoms. The highest BCUT2D eigenvalue weighted by Crippen LogP contribution is 2.25. The van der Waals surface area contributed by atoms with Crippen molar-refractivity contribution < 1.29 is 9.90 Å². The summed E-state index contributed by atoms with van der Waals surface area (Å²) >= 11 is 11.5. The highest BCUT2D eigenvalue weighted by atomic mass is 35.5. The van der Waals surface area contributed by atoms with E-state index in [-0.39, 0.29) is 6.42 Å². The number of rotatable bonds is 2. The van der Waals surface area contributed by atoms with Crippen molar-refractivity contribution in [3.8, 4) is 0 Å². The molecule has 0 saturated heterocycles. The van der Waals surface area contributed by atoms with Crippen molar-refractivity contribution in [3.63, 3.8) is 0 Å². The van der Waals surface area contributed by atoms with Crippen molar-refractivity contribution in [2.75, 3.05) is 0 Å². The summed E-state index contributed by atoms with van der Waals surface area (Å²) in [5.41, 5.74) is 1.54. The van der Waals surface area contributed by atoms with Crippen LogP contribution in [0.2, 0.25) is 10.0 Å². The van der Waals surface area contributed by atoms with E-state index in [2.05, 4.69) is 0 Å². The van der Waals surface area contributed by atoms with Crippen LogP contribution in [0.15, 0.2) is 12.1 Å². The maximum Gasteiger partial charge on any atom is 0.307 e. The minimum atomic E-state index is -0.874. The first-order valence-electron chi connectivity index (χ1n) is 3.67. The summed E-state index contributed by atoms with van der Waals surface area (Å²) in [6.45, 7) is 1.81. The van der Waals surface area contributed by atoms with E-state index in [1.54, 1.807) is 19.1 Å². The van der Waals surface area contributed by atoms with E-state index in [9.17, 15) is 4.79 Å². The molecule has 0 atom stereocenters. The van der Waals surface area contributed by atoms with Gasteiger partial charge in [0.1, 0.15) is 0 Å². The average Bonchev–Trinajstić information content (AvgIpc) is 1.99. The second-order valence-electron chi connectivity index (χ2n) is 2.76. The van der Waals surface area contributed by atoms with E-state index in [0.717, 1.165) is 5.56 Å². The van der Waals surface area contributed by atoms with Crippen LogP contribution in [0.1, 0.15) is 11.1 Å². The van der Waals surface area contributed by atoms with Gasteiger partial charge in [-0.3, -0.25) is 4.79 Å². The Balaban J connectivity index is 3.08. The van der Waals surface area contributed by atoms with Crippen LogP contribution in [0.5, 0.6) is 0 Å². The van der Waals surface area contributed by atoms with Crippen molar-refractivity contribution >= 4 is 29.2 Å². The van der Waals surface area contributed by atoms with E-state index >= 15 is 0 Å². The van der Waals surface area contributed by atoms with Gasteiger partial charge in [-0.15, -0.1) is 0 Å². The predicted molar refractivity (Wildman–Crippen MR) is 52.5 cm³/mol. The van der Waals surface area contributed by atoms with Gasteiger partial charge in [-0.1, -0.05) is 23.2 Å². The number of hydrogen-bond acceptors (Lipinski definition) is 1. The van der Waals surface area contributed by atoms with Gasteiger partial charge in [0.25, 0.3) is 0 Å². The summed E-state index contributed by atoms with van der Waals surface area (Å²) in [6.07, 6.45) is -0.0251. The zero-order valence-electron chi connectivity index (χ0n) is 6.97. The second-order valence-corrected chi connectivity index (χ2v) is 3.58. The number of benzene rings is 1. The zero-order valence-corrected chi connectivity index (χ0v) is 8.49. The third-order valence-electron chi connectivity index (χ3n) is 1.72. The van der Waals surface area contributed by atoms with Gasteiger partial charge in [0, 0.05) is 0 Å². The number of aryl methyl sites for hydroxylation is 1. The Kier molecular flexibility index (Phi) is 3.17.